The lowest BCUT2D eigenvalue weighted by Crippen LogP contribution is -2.01. The Labute approximate surface area is 106 Å². The summed E-state index contributed by atoms with van der Waals surface area (Å²) in [5, 5.41) is 2.17. The average Bonchev–Trinajstić information content (AvgIpc) is 2.39. The number of nitrogens with zero attached hydrogens (tertiary/aromatic N) is 1. The number of hydrogen-bond acceptors (Lipinski definition) is 3. The molecule has 2 aromatic rings. The molecule has 1 heterocycles. The van der Waals surface area contributed by atoms with E-state index < -0.39 is 0 Å². The molecule has 0 aliphatic carbocycles. The number of hydrogen-bond donors (Lipinski definition) is 0. The van der Waals surface area contributed by atoms with Gasteiger partial charge in [-0.1, -0.05) is 17.9 Å². The summed E-state index contributed by atoms with van der Waals surface area (Å²) in [7, 11) is 0. The Morgan fingerprint density at radius 2 is 2.22 bits per heavy atom. The Bertz CT molecular complexity index is 623. The molecule has 0 amide bonds. The van der Waals surface area contributed by atoms with Crippen molar-refractivity contribution in [2.45, 2.75) is 13.3 Å². The fourth-order valence-electron chi connectivity index (χ4n) is 1.59. The molecule has 0 bridgehead atoms. The van der Waals surface area contributed by atoms with Crippen LogP contribution >= 0.6 is 0 Å². The molecule has 0 unspecified atom stereocenters. The Kier molecular flexibility index (Phi) is 3.93. The third-order valence-corrected chi connectivity index (χ3v) is 2.41. The Morgan fingerprint density at radius 1 is 1.33 bits per heavy atom. The summed E-state index contributed by atoms with van der Waals surface area (Å²) in [6, 6.07) is 7.81. The van der Waals surface area contributed by atoms with Gasteiger partial charge in [-0.3, -0.25) is 9.78 Å². The number of esters is 1. The third kappa shape index (κ3) is 3.08. The van der Waals surface area contributed by atoms with Crippen LogP contribution in [0.5, 0.6) is 0 Å². The van der Waals surface area contributed by atoms with Crippen LogP contribution in [0.2, 0.25) is 0 Å². The molecule has 3 nitrogen and oxygen atoms in total. The maximum absolute atomic E-state index is 11.1. The van der Waals surface area contributed by atoms with E-state index in [2.05, 4.69) is 16.8 Å². The zero-order valence-corrected chi connectivity index (χ0v) is 10.1. The smallest absolute Gasteiger partial charge is 0.317 e. The van der Waals surface area contributed by atoms with Crippen molar-refractivity contribution in [2.75, 3.05) is 6.61 Å². The molecule has 0 spiro atoms. The number of carbonyl (C=O) groups excluding carboxylic acids is 1. The molecule has 0 aliphatic heterocycles. The van der Waals surface area contributed by atoms with Gasteiger partial charge in [-0.25, -0.2) is 0 Å². The number of ether oxygens (including phenoxy) is 1. The number of aromatic nitrogens is 1. The SMILES string of the molecule is CCOC(=O)CC#Cc1ccc2cnccc2c1. The van der Waals surface area contributed by atoms with Gasteiger partial charge < -0.3 is 4.74 Å². The van der Waals surface area contributed by atoms with Crippen molar-refractivity contribution >= 4 is 16.7 Å². The minimum atomic E-state index is -0.282. The standard InChI is InChI=1S/C15H13NO2/c1-2-18-15(17)5-3-4-12-6-7-14-11-16-9-8-13(14)10-12/h6-11H,2,5H2,1H3. The van der Waals surface area contributed by atoms with Gasteiger partial charge in [0.2, 0.25) is 0 Å². The van der Waals surface area contributed by atoms with Crippen LogP contribution in [0.3, 0.4) is 0 Å². The fraction of sp³-hybridized carbons (Fsp3) is 0.200. The van der Waals surface area contributed by atoms with E-state index in [0.717, 1.165) is 16.3 Å². The maximum atomic E-state index is 11.1. The summed E-state index contributed by atoms with van der Waals surface area (Å²) in [6.07, 6.45) is 3.69. The van der Waals surface area contributed by atoms with E-state index >= 15 is 0 Å². The second kappa shape index (κ2) is 5.83. The van der Waals surface area contributed by atoms with Crippen molar-refractivity contribution in [3.8, 4) is 11.8 Å². The van der Waals surface area contributed by atoms with Crippen LogP contribution in [0.25, 0.3) is 10.8 Å². The van der Waals surface area contributed by atoms with Gasteiger partial charge in [0, 0.05) is 23.3 Å². The van der Waals surface area contributed by atoms with Crippen molar-refractivity contribution in [3.05, 3.63) is 42.2 Å². The predicted octanol–water partition coefficient (Wildman–Crippen LogP) is 2.54. The van der Waals surface area contributed by atoms with Crippen molar-refractivity contribution in [1.29, 1.82) is 0 Å². The predicted molar refractivity (Wildman–Crippen MR) is 69.9 cm³/mol. The third-order valence-electron chi connectivity index (χ3n) is 2.41. The number of benzene rings is 1. The lowest BCUT2D eigenvalue weighted by atomic mass is 10.1. The highest BCUT2D eigenvalue weighted by Crippen LogP contribution is 2.13. The quantitative estimate of drug-likeness (QED) is 0.597. The molecular weight excluding hydrogens is 226 g/mol. The number of pyridine rings is 1. The maximum Gasteiger partial charge on any atom is 0.317 e. The second-order valence-corrected chi connectivity index (χ2v) is 3.72. The van der Waals surface area contributed by atoms with E-state index in [-0.39, 0.29) is 12.4 Å². The molecule has 2 rings (SSSR count). The number of fused-ring (bicyclic) bond motifs is 1. The summed E-state index contributed by atoms with van der Waals surface area (Å²) < 4.78 is 4.80. The van der Waals surface area contributed by atoms with Crippen LogP contribution < -0.4 is 0 Å². The fourth-order valence-corrected chi connectivity index (χ4v) is 1.59. The molecule has 0 radical (unpaired) electrons. The molecule has 0 aliphatic rings. The zero-order valence-electron chi connectivity index (χ0n) is 10.1. The van der Waals surface area contributed by atoms with Gasteiger partial charge in [-0.2, -0.15) is 0 Å². The molecule has 18 heavy (non-hydrogen) atoms. The van der Waals surface area contributed by atoms with Crippen LogP contribution in [-0.2, 0) is 9.53 Å². The van der Waals surface area contributed by atoms with Gasteiger partial charge >= 0.3 is 5.97 Å². The summed E-state index contributed by atoms with van der Waals surface area (Å²) in [6.45, 7) is 2.17. The molecule has 0 saturated carbocycles. The summed E-state index contributed by atoms with van der Waals surface area (Å²) >= 11 is 0. The van der Waals surface area contributed by atoms with Gasteiger partial charge in [-0.05, 0) is 30.5 Å². The van der Waals surface area contributed by atoms with Crippen LogP contribution in [0.1, 0.15) is 18.9 Å². The van der Waals surface area contributed by atoms with E-state index in [9.17, 15) is 4.79 Å². The molecular formula is C15H13NO2. The Hall–Kier alpha value is -2.34. The first kappa shape index (κ1) is 12.1. The van der Waals surface area contributed by atoms with Crippen molar-refractivity contribution in [3.63, 3.8) is 0 Å². The first-order valence-corrected chi connectivity index (χ1v) is 5.78. The monoisotopic (exact) mass is 239 g/mol. The summed E-state index contributed by atoms with van der Waals surface area (Å²) in [5.74, 6) is 5.48. The van der Waals surface area contributed by atoms with Gasteiger partial charge in [0.25, 0.3) is 0 Å². The Morgan fingerprint density at radius 3 is 3.06 bits per heavy atom. The molecule has 0 fully saturated rings. The van der Waals surface area contributed by atoms with E-state index in [4.69, 9.17) is 4.74 Å². The van der Waals surface area contributed by atoms with Gasteiger partial charge in [-0.15, -0.1) is 0 Å². The normalized spacial score (nSPS) is 9.61. The molecule has 90 valence electrons. The zero-order chi connectivity index (χ0) is 12.8. The lowest BCUT2D eigenvalue weighted by molar-refractivity contribution is -0.141. The number of rotatable bonds is 2. The molecule has 1 aromatic carbocycles. The molecule has 1 aromatic heterocycles. The van der Waals surface area contributed by atoms with Gasteiger partial charge in [0.15, 0.2) is 0 Å². The largest absolute Gasteiger partial charge is 0.465 e. The van der Waals surface area contributed by atoms with Crippen molar-refractivity contribution in [2.24, 2.45) is 0 Å². The van der Waals surface area contributed by atoms with Crippen LogP contribution in [0, 0.1) is 11.8 Å². The summed E-state index contributed by atoms with van der Waals surface area (Å²) in [5.41, 5.74) is 0.887. The van der Waals surface area contributed by atoms with Gasteiger partial charge in [0.1, 0.15) is 6.42 Å². The number of carbonyl (C=O) groups is 1. The highest BCUT2D eigenvalue weighted by atomic mass is 16.5. The van der Waals surface area contributed by atoms with E-state index in [1.54, 1.807) is 13.1 Å². The highest BCUT2D eigenvalue weighted by Gasteiger charge is 1.97. The summed E-state index contributed by atoms with van der Waals surface area (Å²) in [4.78, 5) is 15.2. The minimum absolute atomic E-state index is 0.127. The minimum Gasteiger partial charge on any atom is -0.465 e. The highest BCUT2D eigenvalue weighted by molar-refractivity contribution is 5.82. The van der Waals surface area contributed by atoms with Gasteiger partial charge in [0.05, 0.1) is 6.61 Å². The molecule has 0 saturated heterocycles. The van der Waals surface area contributed by atoms with E-state index in [0.29, 0.717) is 6.61 Å². The van der Waals surface area contributed by atoms with Crippen LogP contribution in [0.15, 0.2) is 36.7 Å². The molecule has 0 atom stereocenters. The first-order valence-electron chi connectivity index (χ1n) is 5.78. The van der Waals surface area contributed by atoms with Crippen LogP contribution in [-0.4, -0.2) is 17.6 Å². The average molecular weight is 239 g/mol. The van der Waals surface area contributed by atoms with Crippen molar-refractivity contribution < 1.29 is 9.53 Å². The van der Waals surface area contributed by atoms with E-state index in [1.165, 1.54) is 0 Å². The Balaban J connectivity index is 2.12. The van der Waals surface area contributed by atoms with E-state index in [1.807, 2.05) is 30.5 Å². The molecule has 0 N–H and O–H groups in total. The van der Waals surface area contributed by atoms with Crippen LogP contribution in [0.4, 0.5) is 0 Å². The molecule has 3 heteroatoms. The second-order valence-electron chi connectivity index (χ2n) is 3.72. The van der Waals surface area contributed by atoms with Crippen molar-refractivity contribution in [1.82, 2.24) is 4.98 Å². The first-order chi connectivity index (χ1) is 8.79. The topological polar surface area (TPSA) is 39.2 Å². The lowest BCUT2D eigenvalue weighted by Gasteiger charge is -1.97.